The van der Waals surface area contributed by atoms with Crippen molar-refractivity contribution in [1.29, 1.82) is 0 Å². The van der Waals surface area contributed by atoms with E-state index < -0.39 is 10.0 Å². The van der Waals surface area contributed by atoms with E-state index in [0.29, 0.717) is 25.1 Å². The van der Waals surface area contributed by atoms with Gasteiger partial charge in [-0.3, -0.25) is 4.79 Å². The van der Waals surface area contributed by atoms with Gasteiger partial charge in [0.1, 0.15) is 0 Å². The van der Waals surface area contributed by atoms with Crippen molar-refractivity contribution in [3.05, 3.63) is 96.1 Å². The van der Waals surface area contributed by atoms with Gasteiger partial charge in [0.25, 0.3) is 0 Å². The van der Waals surface area contributed by atoms with Crippen LogP contribution in [0.25, 0.3) is 0 Å². The van der Waals surface area contributed by atoms with Crippen molar-refractivity contribution in [2.75, 3.05) is 11.9 Å². The van der Waals surface area contributed by atoms with Crippen molar-refractivity contribution in [2.24, 2.45) is 0 Å². The minimum Gasteiger partial charge on any atom is -0.326 e. The lowest BCUT2D eigenvalue weighted by Gasteiger charge is -2.18. The summed E-state index contributed by atoms with van der Waals surface area (Å²) in [7, 11) is -3.63. The summed E-state index contributed by atoms with van der Waals surface area (Å²) >= 11 is 0. The van der Waals surface area contributed by atoms with Gasteiger partial charge in [0.15, 0.2) is 0 Å². The third-order valence-corrected chi connectivity index (χ3v) is 6.38. The first-order valence-corrected chi connectivity index (χ1v) is 11.5. The molecule has 0 aromatic heterocycles. The number of benzene rings is 3. The molecule has 1 amide bonds. The zero-order valence-corrected chi connectivity index (χ0v) is 17.7. The van der Waals surface area contributed by atoms with Crippen LogP contribution in [0.1, 0.15) is 36.8 Å². The molecule has 0 unspecified atom stereocenters. The van der Waals surface area contributed by atoms with Gasteiger partial charge in [-0.2, -0.15) is 0 Å². The molecule has 0 aliphatic carbocycles. The highest BCUT2D eigenvalue weighted by atomic mass is 32.2. The fraction of sp³-hybridized carbons (Fsp3) is 0.208. The van der Waals surface area contributed by atoms with Crippen LogP contribution in [0, 0.1) is 0 Å². The monoisotopic (exact) mass is 422 g/mol. The van der Waals surface area contributed by atoms with E-state index in [-0.39, 0.29) is 16.7 Å². The predicted molar refractivity (Wildman–Crippen MR) is 120 cm³/mol. The first kappa shape index (κ1) is 21.7. The Kier molecular flexibility index (Phi) is 7.38. The summed E-state index contributed by atoms with van der Waals surface area (Å²) in [6.45, 7) is 2.07. The molecule has 0 fully saturated rings. The maximum atomic E-state index is 12.7. The molecule has 0 bridgehead atoms. The molecule has 0 aliphatic heterocycles. The Labute approximate surface area is 178 Å². The van der Waals surface area contributed by atoms with Crippen molar-refractivity contribution >= 4 is 21.6 Å². The lowest BCUT2D eigenvalue weighted by molar-refractivity contribution is -0.115. The van der Waals surface area contributed by atoms with Gasteiger partial charge in [0.2, 0.25) is 15.9 Å². The second kappa shape index (κ2) is 10.2. The van der Waals surface area contributed by atoms with E-state index in [1.165, 1.54) is 12.1 Å². The summed E-state index contributed by atoms with van der Waals surface area (Å²) in [5.74, 6) is -0.0154. The lowest BCUT2D eigenvalue weighted by atomic mass is 9.89. The van der Waals surface area contributed by atoms with Crippen LogP contribution in [0.4, 0.5) is 5.69 Å². The zero-order valence-electron chi connectivity index (χ0n) is 16.9. The molecule has 5 nitrogen and oxygen atoms in total. The second-order valence-corrected chi connectivity index (χ2v) is 8.75. The van der Waals surface area contributed by atoms with E-state index >= 15 is 0 Å². The Morgan fingerprint density at radius 2 is 1.37 bits per heavy atom. The van der Waals surface area contributed by atoms with Gasteiger partial charge in [0, 0.05) is 24.6 Å². The molecule has 30 heavy (non-hydrogen) atoms. The Balaban J connectivity index is 1.67. The molecule has 0 radical (unpaired) electrons. The minimum atomic E-state index is -3.63. The highest BCUT2D eigenvalue weighted by Gasteiger charge is 2.17. The second-order valence-electron chi connectivity index (χ2n) is 6.99. The molecule has 3 aromatic rings. The summed E-state index contributed by atoms with van der Waals surface area (Å²) in [5.41, 5.74) is 2.88. The molecule has 2 N–H and O–H groups in total. The number of hydrogen-bond acceptors (Lipinski definition) is 3. The third-order valence-electron chi connectivity index (χ3n) is 4.90. The molecule has 156 valence electrons. The molecule has 0 heterocycles. The van der Waals surface area contributed by atoms with Gasteiger partial charge in [-0.25, -0.2) is 13.1 Å². The van der Waals surface area contributed by atoms with Gasteiger partial charge < -0.3 is 5.32 Å². The van der Waals surface area contributed by atoms with Crippen LogP contribution in [0.3, 0.4) is 0 Å². The van der Waals surface area contributed by atoms with Crippen LogP contribution in [-0.2, 0) is 14.8 Å². The smallest absolute Gasteiger partial charge is 0.240 e. The van der Waals surface area contributed by atoms with E-state index in [1.54, 1.807) is 19.1 Å². The van der Waals surface area contributed by atoms with Gasteiger partial charge >= 0.3 is 0 Å². The van der Waals surface area contributed by atoms with Crippen molar-refractivity contribution in [3.8, 4) is 0 Å². The third kappa shape index (κ3) is 5.78. The standard InChI is InChI=1S/C24H26N2O3S/c1-2-24(27)26-21-13-15-22(16-14-21)30(28,29)25-18-17-23(19-9-5-3-6-10-19)20-11-7-4-8-12-20/h3-16,23,25H,2,17-18H2,1H3,(H,26,27). The average molecular weight is 423 g/mol. The average Bonchev–Trinajstić information content (AvgIpc) is 2.78. The number of hydrogen-bond donors (Lipinski definition) is 2. The number of sulfonamides is 1. The van der Waals surface area contributed by atoms with Crippen LogP contribution in [-0.4, -0.2) is 20.9 Å². The molecular formula is C24H26N2O3S. The van der Waals surface area contributed by atoms with E-state index in [0.717, 1.165) is 11.1 Å². The van der Waals surface area contributed by atoms with Gasteiger partial charge in [0.05, 0.1) is 4.90 Å². The number of amides is 1. The number of rotatable bonds is 9. The van der Waals surface area contributed by atoms with E-state index in [9.17, 15) is 13.2 Å². The molecule has 6 heteroatoms. The van der Waals surface area contributed by atoms with Crippen LogP contribution in [0.15, 0.2) is 89.8 Å². The Hall–Kier alpha value is -2.96. The molecule has 0 atom stereocenters. The van der Waals surface area contributed by atoms with Gasteiger partial charge in [-0.1, -0.05) is 67.6 Å². The quantitative estimate of drug-likeness (QED) is 0.532. The summed E-state index contributed by atoms with van der Waals surface area (Å²) in [6.07, 6.45) is 1.00. The van der Waals surface area contributed by atoms with Crippen molar-refractivity contribution in [2.45, 2.75) is 30.6 Å². The van der Waals surface area contributed by atoms with Crippen molar-refractivity contribution in [1.82, 2.24) is 4.72 Å². The highest BCUT2D eigenvalue weighted by Crippen LogP contribution is 2.27. The Bertz CT molecular complexity index is 1010. The summed E-state index contributed by atoms with van der Waals surface area (Å²) in [5, 5.41) is 2.71. The first-order valence-electron chi connectivity index (χ1n) is 9.99. The van der Waals surface area contributed by atoms with Crippen molar-refractivity contribution in [3.63, 3.8) is 0 Å². The minimum absolute atomic E-state index is 0.0988. The molecule has 0 spiro atoms. The largest absolute Gasteiger partial charge is 0.326 e. The topological polar surface area (TPSA) is 75.3 Å². The van der Waals surface area contributed by atoms with Crippen molar-refractivity contribution < 1.29 is 13.2 Å². The van der Waals surface area contributed by atoms with Crippen LogP contribution < -0.4 is 10.0 Å². The predicted octanol–water partition coefficient (Wildman–Crippen LogP) is 4.54. The molecule has 0 aliphatic rings. The summed E-state index contributed by atoms with van der Waals surface area (Å²) in [6, 6.07) is 26.4. The van der Waals surface area contributed by atoms with Crippen LogP contribution in [0.5, 0.6) is 0 Å². The van der Waals surface area contributed by atoms with E-state index in [2.05, 4.69) is 34.3 Å². The molecule has 0 saturated carbocycles. The van der Waals surface area contributed by atoms with Crippen LogP contribution in [0.2, 0.25) is 0 Å². The fourth-order valence-electron chi connectivity index (χ4n) is 3.28. The maximum Gasteiger partial charge on any atom is 0.240 e. The molecule has 3 rings (SSSR count). The number of anilines is 1. The number of carbonyl (C=O) groups is 1. The van der Waals surface area contributed by atoms with E-state index in [4.69, 9.17) is 0 Å². The normalized spacial score (nSPS) is 11.4. The first-order chi connectivity index (χ1) is 14.5. The fourth-order valence-corrected chi connectivity index (χ4v) is 4.33. The summed E-state index contributed by atoms with van der Waals surface area (Å²) < 4.78 is 28.1. The van der Waals surface area contributed by atoms with Crippen LogP contribution >= 0.6 is 0 Å². The Morgan fingerprint density at radius 1 is 0.833 bits per heavy atom. The number of nitrogens with one attached hydrogen (secondary N) is 2. The van der Waals surface area contributed by atoms with Gasteiger partial charge in [-0.05, 0) is 41.8 Å². The lowest BCUT2D eigenvalue weighted by Crippen LogP contribution is -2.26. The Morgan fingerprint density at radius 3 is 1.87 bits per heavy atom. The highest BCUT2D eigenvalue weighted by molar-refractivity contribution is 7.89. The molecule has 0 saturated heterocycles. The number of carbonyl (C=O) groups excluding carboxylic acids is 1. The van der Waals surface area contributed by atoms with Gasteiger partial charge in [-0.15, -0.1) is 0 Å². The maximum absolute atomic E-state index is 12.7. The zero-order chi connectivity index (χ0) is 21.4. The summed E-state index contributed by atoms with van der Waals surface area (Å²) in [4.78, 5) is 11.6. The SMILES string of the molecule is CCC(=O)Nc1ccc(S(=O)(=O)NCCC(c2ccccc2)c2ccccc2)cc1. The van der Waals surface area contributed by atoms with E-state index in [1.807, 2.05) is 36.4 Å². The molecule has 3 aromatic carbocycles. The molecular weight excluding hydrogens is 396 g/mol.